The zero-order valence-electron chi connectivity index (χ0n) is 13.2. The summed E-state index contributed by atoms with van der Waals surface area (Å²) in [4.78, 5) is 17.1. The molecular weight excluding hydrogens is 250 g/mol. The van der Waals surface area contributed by atoms with E-state index in [0.29, 0.717) is 0 Å². The van der Waals surface area contributed by atoms with Crippen molar-refractivity contribution in [3.63, 3.8) is 0 Å². The third-order valence-electron chi connectivity index (χ3n) is 4.28. The minimum atomic E-state index is 0.0253. The molecule has 0 spiro atoms. The maximum atomic E-state index is 12.8. The number of nitrogens with zero attached hydrogens (tertiary/aromatic N) is 2. The van der Waals surface area contributed by atoms with Crippen molar-refractivity contribution >= 4 is 11.6 Å². The summed E-state index contributed by atoms with van der Waals surface area (Å²) in [6.45, 7) is 8.85. The molecule has 0 saturated carbocycles. The summed E-state index contributed by atoms with van der Waals surface area (Å²) in [5, 5.41) is 3.11. The van der Waals surface area contributed by atoms with E-state index in [9.17, 15) is 4.79 Å². The molecule has 0 aromatic heterocycles. The summed E-state index contributed by atoms with van der Waals surface area (Å²) < 4.78 is 0. The van der Waals surface area contributed by atoms with E-state index < -0.39 is 0 Å². The lowest BCUT2D eigenvalue weighted by Crippen LogP contribution is -2.58. The molecule has 1 fully saturated rings. The number of carbonyl (C=O) groups excluding carboxylic acids is 1. The second-order valence-electron chi connectivity index (χ2n) is 6.26. The highest BCUT2D eigenvalue weighted by atomic mass is 16.2. The van der Waals surface area contributed by atoms with Gasteiger partial charge in [0.2, 0.25) is 0 Å². The van der Waals surface area contributed by atoms with Gasteiger partial charge in [0.15, 0.2) is 0 Å². The van der Waals surface area contributed by atoms with Crippen LogP contribution in [0.3, 0.4) is 0 Å². The molecule has 2 rings (SSSR count). The van der Waals surface area contributed by atoms with E-state index >= 15 is 0 Å². The van der Waals surface area contributed by atoms with Crippen molar-refractivity contribution in [1.82, 2.24) is 9.80 Å². The molecule has 1 amide bonds. The second kappa shape index (κ2) is 5.44. The van der Waals surface area contributed by atoms with Crippen molar-refractivity contribution < 1.29 is 4.79 Å². The highest BCUT2D eigenvalue weighted by Gasteiger charge is 2.34. The van der Waals surface area contributed by atoms with Crippen LogP contribution in [0.5, 0.6) is 0 Å². The molecule has 1 N–H and O–H groups in total. The van der Waals surface area contributed by atoms with Gasteiger partial charge in [0, 0.05) is 37.9 Å². The topological polar surface area (TPSA) is 35.6 Å². The van der Waals surface area contributed by atoms with Crippen molar-refractivity contribution in [1.29, 1.82) is 0 Å². The van der Waals surface area contributed by atoms with Crippen molar-refractivity contribution in [2.24, 2.45) is 0 Å². The van der Waals surface area contributed by atoms with Crippen LogP contribution < -0.4 is 5.32 Å². The third-order valence-corrected chi connectivity index (χ3v) is 4.28. The minimum Gasteiger partial charge on any atom is -0.387 e. The van der Waals surface area contributed by atoms with Crippen LogP contribution in [0.2, 0.25) is 0 Å². The molecule has 1 aromatic rings. The lowest BCUT2D eigenvalue weighted by molar-refractivity contribution is 0.0312. The predicted octanol–water partition coefficient (Wildman–Crippen LogP) is 2.20. The highest BCUT2D eigenvalue weighted by Crippen LogP contribution is 2.24. The van der Waals surface area contributed by atoms with Gasteiger partial charge in [-0.3, -0.25) is 9.69 Å². The fraction of sp³-hybridized carbons (Fsp3) is 0.562. The number of aryl methyl sites for hydroxylation is 1. The summed E-state index contributed by atoms with van der Waals surface area (Å²) >= 11 is 0. The average molecular weight is 275 g/mol. The zero-order chi connectivity index (χ0) is 14.9. The van der Waals surface area contributed by atoms with Gasteiger partial charge in [-0.1, -0.05) is 11.6 Å². The Kier molecular flexibility index (Phi) is 4.04. The first-order valence-corrected chi connectivity index (χ1v) is 7.14. The van der Waals surface area contributed by atoms with E-state index in [0.717, 1.165) is 36.4 Å². The lowest BCUT2D eigenvalue weighted by Gasteiger charge is -2.45. The number of amides is 1. The minimum absolute atomic E-state index is 0.0253. The quantitative estimate of drug-likeness (QED) is 0.899. The Bertz CT molecular complexity index is 510. The highest BCUT2D eigenvalue weighted by molar-refractivity contribution is 6.00. The Morgan fingerprint density at radius 2 is 2.00 bits per heavy atom. The van der Waals surface area contributed by atoms with Crippen molar-refractivity contribution in [3.8, 4) is 0 Å². The molecule has 1 aliphatic heterocycles. The van der Waals surface area contributed by atoms with Crippen LogP contribution in [-0.4, -0.2) is 55.0 Å². The van der Waals surface area contributed by atoms with Crippen molar-refractivity contribution in [2.45, 2.75) is 26.3 Å². The first-order chi connectivity index (χ1) is 9.35. The Balaban J connectivity index is 2.26. The molecule has 0 atom stereocenters. The third kappa shape index (κ3) is 2.80. The number of nitrogens with one attached hydrogen (secondary N) is 1. The molecule has 0 radical (unpaired) electrons. The number of carbonyl (C=O) groups is 1. The van der Waals surface area contributed by atoms with Crippen molar-refractivity contribution in [2.75, 3.05) is 39.0 Å². The molecule has 0 bridgehead atoms. The number of likely N-dealkylation sites (N-methyl/N-ethyl adjacent to an activating group) is 1. The molecular formula is C16H25N3O. The van der Waals surface area contributed by atoms with Gasteiger partial charge in [0.05, 0.1) is 5.56 Å². The number of hydrogen-bond acceptors (Lipinski definition) is 3. The lowest BCUT2D eigenvalue weighted by atomic mass is 9.98. The Morgan fingerprint density at radius 1 is 1.30 bits per heavy atom. The van der Waals surface area contributed by atoms with Crippen LogP contribution in [0.1, 0.15) is 29.8 Å². The van der Waals surface area contributed by atoms with Gasteiger partial charge in [-0.25, -0.2) is 0 Å². The maximum Gasteiger partial charge on any atom is 0.256 e. The Hall–Kier alpha value is -1.55. The van der Waals surface area contributed by atoms with Gasteiger partial charge in [0.25, 0.3) is 5.91 Å². The standard InChI is InChI=1S/C16H25N3O/c1-12-6-7-14(17-4)13(10-12)15(20)19-9-8-18(5)16(2,3)11-19/h6-7,10,17H,8-9,11H2,1-5H3. The van der Waals surface area contributed by atoms with Gasteiger partial charge < -0.3 is 10.2 Å². The first-order valence-electron chi connectivity index (χ1n) is 7.14. The van der Waals surface area contributed by atoms with E-state index in [1.807, 2.05) is 37.1 Å². The summed E-state index contributed by atoms with van der Waals surface area (Å²) in [5.74, 6) is 0.124. The molecule has 1 aliphatic rings. The molecule has 1 saturated heterocycles. The van der Waals surface area contributed by atoms with E-state index in [2.05, 4.69) is 31.1 Å². The average Bonchev–Trinajstić information content (AvgIpc) is 2.41. The van der Waals surface area contributed by atoms with Crippen LogP contribution in [0.4, 0.5) is 5.69 Å². The fourth-order valence-corrected chi connectivity index (χ4v) is 2.64. The monoisotopic (exact) mass is 275 g/mol. The zero-order valence-corrected chi connectivity index (χ0v) is 13.2. The van der Waals surface area contributed by atoms with E-state index in [4.69, 9.17) is 0 Å². The van der Waals surface area contributed by atoms with E-state index in [1.165, 1.54) is 0 Å². The maximum absolute atomic E-state index is 12.8. The predicted molar refractivity (Wildman–Crippen MR) is 83.3 cm³/mol. The molecule has 1 heterocycles. The number of benzene rings is 1. The van der Waals surface area contributed by atoms with Crippen LogP contribution in [0.15, 0.2) is 18.2 Å². The van der Waals surface area contributed by atoms with Gasteiger partial charge >= 0.3 is 0 Å². The number of rotatable bonds is 2. The van der Waals surface area contributed by atoms with Crippen molar-refractivity contribution in [3.05, 3.63) is 29.3 Å². The summed E-state index contributed by atoms with van der Waals surface area (Å²) in [7, 11) is 3.98. The second-order valence-corrected chi connectivity index (χ2v) is 6.26. The van der Waals surface area contributed by atoms with E-state index in [1.54, 1.807) is 0 Å². The largest absolute Gasteiger partial charge is 0.387 e. The summed E-state index contributed by atoms with van der Waals surface area (Å²) in [6.07, 6.45) is 0. The van der Waals surface area contributed by atoms with Gasteiger partial charge in [-0.15, -0.1) is 0 Å². The van der Waals surface area contributed by atoms with Crippen LogP contribution in [0.25, 0.3) is 0 Å². The van der Waals surface area contributed by atoms with E-state index in [-0.39, 0.29) is 11.4 Å². The SMILES string of the molecule is CNc1ccc(C)cc1C(=O)N1CCN(C)C(C)(C)C1. The van der Waals surface area contributed by atoms with Crippen LogP contribution >= 0.6 is 0 Å². The van der Waals surface area contributed by atoms with Crippen LogP contribution in [-0.2, 0) is 0 Å². The molecule has 1 aromatic carbocycles. The summed E-state index contributed by atoms with van der Waals surface area (Å²) in [5.41, 5.74) is 2.81. The molecule has 4 heteroatoms. The van der Waals surface area contributed by atoms with Crippen LogP contribution in [0, 0.1) is 6.92 Å². The molecule has 4 nitrogen and oxygen atoms in total. The summed E-state index contributed by atoms with van der Waals surface area (Å²) in [6, 6.07) is 5.97. The molecule has 20 heavy (non-hydrogen) atoms. The molecule has 0 aliphatic carbocycles. The number of anilines is 1. The first kappa shape index (κ1) is 14.9. The normalized spacial score (nSPS) is 18.9. The molecule has 0 unspecified atom stereocenters. The van der Waals surface area contributed by atoms with Gasteiger partial charge in [-0.05, 0) is 40.0 Å². The van der Waals surface area contributed by atoms with Gasteiger partial charge in [-0.2, -0.15) is 0 Å². The fourth-order valence-electron chi connectivity index (χ4n) is 2.64. The Morgan fingerprint density at radius 3 is 2.60 bits per heavy atom. The van der Waals surface area contributed by atoms with Gasteiger partial charge in [0.1, 0.15) is 0 Å². The number of hydrogen-bond donors (Lipinski definition) is 1. The number of piperazine rings is 1. The Labute approximate surface area is 121 Å². The molecule has 110 valence electrons. The smallest absolute Gasteiger partial charge is 0.256 e.